The maximum absolute atomic E-state index is 13.5. The SMILES string of the molecule is CC(NCc1ccc(CCCc2ccccc2F)cc1)C(N)=O. The van der Waals surface area contributed by atoms with Crippen LogP contribution in [0.5, 0.6) is 0 Å². The molecule has 0 bridgehead atoms. The van der Waals surface area contributed by atoms with Crippen LogP contribution in [0.25, 0.3) is 0 Å². The van der Waals surface area contributed by atoms with Crippen molar-refractivity contribution in [1.29, 1.82) is 0 Å². The first-order chi connectivity index (χ1) is 11.1. The van der Waals surface area contributed by atoms with Gasteiger partial charge in [0.15, 0.2) is 0 Å². The van der Waals surface area contributed by atoms with Crippen molar-refractivity contribution in [3.8, 4) is 0 Å². The van der Waals surface area contributed by atoms with Gasteiger partial charge in [0.05, 0.1) is 6.04 Å². The van der Waals surface area contributed by atoms with Crippen LogP contribution in [0.3, 0.4) is 0 Å². The van der Waals surface area contributed by atoms with Crippen LogP contribution in [0.2, 0.25) is 0 Å². The van der Waals surface area contributed by atoms with Gasteiger partial charge in [-0.15, -0.1) is 0 Å². The Labute approximate surface area is 136 Å². The van der Waals surface area contributed by atoms with Crippen molar-refractivity contribution in [3.63, 3.8) is 0 Å². The Morgan fingerprint density at radius 2 is 1.74 bits per heavy atom. The monoisotopic (exact) mass is 314 g/mol. The third-order valence-electron chi connectivity index (χ3n) is 3.93. The number of hydrogen-bond donors (Lipinski definition) is 2. The number of rotatable bonds is 8. The van der Waals surface area contributed by atoms with Crippen molar-refractivity contribution < 1.29 is 9.18 Å². The summed E-state index contributed by atoms with van der Waals surface area (Å²) in [5.41, 5.74) is 8.32. The first-order valence-electron chi connectivity index (χ1n) is 7.90. The Hall–Kier alpha value is -2.20. The fourth-order valence-electron chi connectivity index (χ4n) is 2.38. The predicted molar refractivity (Wildman–Crippen MR) is 90.4 cm³/mol. The summed E-state index contributed by atoms with van der Waals surface area (Å²) in [5, 5.41) is 3.07. The minimum absolute atomic E-state index is 0.127. The van der Waals surface area contributed by atoms with Gasteiger partial charge in [0.25, 0.3) is 0 Å². The highest BCUT2D eigenvalue weighted by Gasteiger charge is 2.07. The molecule has 1 amide bonds. The lowest BCUT2D eigenvalue weighted by Crippen LogP contribution is -2.38. The van der Waals surface area contributed by atoms with E-state index in [0.29, 0.717) is 6.54 Å². The highest BCUT2D eigenvalue weighted by Crippen LogP contribution is 2.12. The number of nitrogens with one attached hydrogen (secondary N) is 1. The van der Waals surface area contributed by atoms with E-state index in [1.165, 1.54) is 11.6 Å². The predicted octanol–water partition coefficient (Wildman–Crippen LogP) is 2.96. The molecule has 4 heteroatoms. The van der Waals surface area contributed by atoms with Gasteiger partial charge in [-0.2, -0.15) is 0 Å². The first kappa shape index (κ1) is 17.2. The van der Waals surface area contributed by atoms with E-state index in [1.54, 1.807) is 13.0 Å². The molecule has 0 aliphatic carbocycles. The van der Waals surface area contributed by atoms with Gasteiger partial charge >= 0.3 is 0 Å². The number of primary amides is 1. The molecule has 0 spiro atoms. The van der Waals surface area contributed by atoms with Crippen LogP contribution in [0.1, 0.15) is 30.0 Å². The van der Waals surface area contributed by atoms with Gasteiger partial charge in [0.2, 0.25) is 5.91 Å². The Kier molecular flexibility index (Phi) is 6.29. The van der Waals surface area contributed by atoms with E-state index in [9.17, 15) is 9.18 Å². The molecule has 0 aliphatic rings. The molecule has 2 aromatic carbocycles. The van der Waals surface area contributed by atoms with Crippen molar-refractivity contribution in [2.45, 2.75) is 38.8 Å². The second-order valence-electron chi connectivity index (χ2n) is 5.77. The van der Waals surface area contributed by atoms with E-state index in [4.69, 9.17) is 5.73 Å². The molecule has 3 nitrogen and oxygen atoms in total. The van der Waals surface area contributed by atoms with Crippen molar-refractivity contribution in [1.82, 2.24) is 5.32 Å². The van der Waals surface area contributed by atoms with Crippen LogP contribution in [-0.2, 0) is 24.2 Å². The lowest BCUT2D eigenvalue weighted by atomic mass is 10.0. The number of benzene rings is 2. The number of hydrogen-bond acceptors (Lipinski definition) is 2. The molecule has 0 heterocycles. The van der Waals surface area contributed by atoms with Gasteiger partial charge in [0.1, 0.15) is 5.82 Å². The normalized spacial score (nSPS) is 12.1. The zero-order valence-electron chi connectivity index (χ0n) is 13.4. The second kappa shape index (κ2) is 8.44. The maximum atomic E-state index is 13.5. The summed E-state index contributed by atoms with van der Waals surface area (Å²) in [6, 6.07) is 14.8. The van der Waals surface area contributed by atoms with Crippen LogP contribution in [-0.4, -0.2) is 11.9 Å². The Bertz CT molecular complexity index is 640. The van der Waals surface area contributed by atoms with E-state index in [-0.39, 0.29) is 17.8 Å². The molecule has 0 saturated heterocycles. The van der Waals surface area contributed by atoms with Gasteiger partial charge in [-0.25, -0.2) is 4.39 Å². The molecule has 122 valence electrons. The van der Waals surface area contributed by atoms with Crippen molar-refractivity contribution in [2.75, 3.05) is 0 Å². The smallest absolute Gasteiger partial charge is 0.234 e. The van der Waals surface area contributed by atoms with Gasteiger partial charge < -0.3 is 11.1 Å². The molecule has 0 saturated carbocycles. The molecule has 1 atom stereocenters. The van der Waals surface area contributed by atoms with Crippen LogP contribution < -0.4 is 11.1 Å². The fraction of sp³-hybridized carbons (Fsp3) is 0.316. The minimum Gasteiger partial charge on any atom is -0.368 e. The topological polar surface area (TPSA) is 55.1 Å². The molecule has 3 N–H and O–H groups in total. The third-order valence-corrected chi connectivity index (χ3v) is 3.93. The van der Waals surface area contributed by atoms with Crippen molar-refractivity contribution >= 4 is 5.91 Å². The zero-order valence-corrected chi connectivity index (χ0v) is 13.4. The first-order valence-corrected chi connectivity index (χ1v) is 7.90. The maximum Gasteiger partial charge on any atom is 0.234 e. The summed E-state index contributed by atoms with van der Waals surface area (Å²) in [7, 11) is 0. The number of amides is 1. The molecular weight excluding hydrogens is 291 g/mol. The Morgan fingerprint density at radius 3 is 2.39 bits per heavy atom. The van der Waals surface area contributed by atoms with Gasteiger partial charge in [-0.3, -0.25) is 4.79 Å². The quantitative estimate of drug-likeness (QED) is 0.787. The van der Waals surface area contributed by atoms with Gasteiger partial charge in [0, 0.05) is 6.54 Å². The lowest BCUT2D eigenvalue weighted by Gasteiger charge is -2.10. The largest absolute Gasteiger partial charge is 0.368 e. The van der Waals surface area contributed by atoms with Crippen LogP contribution in [0.4, 0.5) is 4.39 Å². The van der Waals surface area contributed by atoms with E-state index in [0.717, 1.165) is 30.4 Å². The van der Waals surface area contributed by atoms with E-state index < -0.39 is 0 Å². The van der Waals surface area contributed by atoms with Gasteiger partial charge in [-0.05, 0) is 48.9 Å². The van der Waals surface area contributed by atoms with E-state index >= 15 is 0 Å². The third kappa shape index (κ3) is 5.49. The average molecular weight is 314 g/mol. The Morgan fingerprint density at radius 1 is 1.09 bits per heavy atom. The molecular formula is C19H23FN2O. The molecule has 1 unspecified atom stereocenters. The Balaban J connectivity index is 1.79. The summed E-state index contributed by atoms with van der Waals surface area (Å²) in [4.78, 5) is 11.0. The molecule has 0 fully saturated rings. The van der Waals surface area contributed by atoms with Crippen molar-refractivity contribution in [2.24, 2.45) is 5.73 Å². The number of aryl methyl sites for hydroxylation is 2. The van der Waals surface area contributed by atoms with E-state index in [1.807, 2.05) is 24.3 Å². The highest BCUT2D eigenvalue weighted by atomic mass is 19.1. The molecule has 2 rings (SSSR count). The summed E-state index contributed by atoms with van der Waals surface area (Å²) in [6.07, 6.45) is 2.57. The van der Waals surface area contributed by atoms with Crippen LogP contribution in [0, 0.1) is 5.82 Å². The number of carbonyl (C=O) groups excluding carboxylic acids is 1. The van der Waals surface area contributed by atoms with Crippen molar-refractivity contribution in [3.05, 3.63) is 71.0 Å². The fourth-order valence-corrected chi connectivity index (χ4v) is 2.38. The molecule has 0 aromatic heterocycles. The van der Waals surface area contributed by atoms with Crippen LogP contribution >= 0.6 is 0 Å². The number of carbonyl (C=O) groups is 1. The molecule has 2 aromatic rings. The average Bonchev–Trinajstić information content (AvgIpc) is 2.55. The molecule has 0 radical (unpaired) electrons. The van der Waals surface area contributed by atoms with E-state index in [2.05, 4.69) is 17.4 Å². The minimum atomic E-state index is -0.352. The molecule has 23 heavy (non-hydrogen) atoms. The van der Waals surface area contributed by atoms with Crippen LogP contribution in [0.15, 0.2) is 48.5 Å². The number of halogens is 1. The zero-order chi connectivity index (χ0) is 16.7. The second-order valence-corrected chi connectivity index (χ2v) is 5.77. The summed E-state index contributed by atoms with van der Waals surface area (Å²) in [5.74, 6) is -0.479. The number of nitrogens with two attached hydrogens (primary N) is 1. The standard InChI is InChI=1S/C19H23FN2O/c1-14(19(21)23)22-13-16-11-9-15(10-12-16)5-4-7-17-6-2-3-8-18(17)20/h2-3,6,8-12,14,22H,4-5,7,13H2,1H3,(H2,21,23). The van der Waals surface area contributed by atoms with Gasteiger partial charge in [-0.1, -0.05) is 42.5 Å². The summed E-state index contributed by atoms with van der Waals surface area (Å²) in [6.45, 7) is 2.36. The lowest BCUT2D eigenvalue weighted by molar-refractivity contribution is -0.119. The highest BCUT2D eigenvalue weighted by molar-refractivity contribution is 5.79. The molecule has 0 aliphatic heterocycles. The summed E-state index contributed by atoms with van der Waals surface area (Å²) < 4.78 is 13.5. The summed E-state index contributed by atoms with van der Waals surface area (Å²) >= 11 is 0.